The van der Waals surface area contributed by atoms with E-state index in [0.29, 0.717) is 0 Å². The van der Waals surface area contributed by atoms with Crippen LogP contribution in [0.1, 0.15) is 26.7 Å². The Hall–Kier alpha value is -1.06. The van der Waals surface area contributed by atoms with Crippen molar-refractivity contribution in [1.29, 1.82) is 0 Å². The molecule has 4 N–H and O–H groups in total. The quantitative estimate of drug-likeness (QED) is 0.454. The molecule has 0 fully saturated rings. The highest BCUT2D eigenvalue weighted by atomic mass is 16.1. The van der Waals surface area contributed by atoms with Crippen LogP contribution in [0.5, 0.6) is 0 Å². The van der Waals surface area contributed by atoms with Crippen LogP contribution in [0.3, 0.4) is 0 Å². The van der Waals surface area contributed by atoms with Crippen molar-refractivity contribution >= 4 is 11.9 Å². The van der Waals surface area contributed by atoms with Crippen molar-refractivity contribution in [3.05, 3.63) is 0 Å². The summed E-state index contributed by atoms with van der Waals surface area (Å²) in [5.41, 5.74) is 10.1. The molecule has 0 rings (SSSR count). The van der Waals surface area contributed by atoms with Crippen molar-refractivity contribution in [1.82, 2.24) is 0 Å². The molecule has 64 valence electrons. The molecular formula is C7H15N3O. The fourth-order valence-corrected chi connectivity index (χ4v) is 0.856. The van der Waals surface area contributed by atoms with E-state index in [9.17, 15) is 4.79 Å². The number of nitrogens with two attached hydrogens (primary N) is 2. The highest BCUT2D eigenvalue weighted by molar-refractivity contribution is 5.92. The molecule has 0 bridgehead atoms. The van der Waals surface area contributed by atoms with E-state index in [1.54, 1.807) is 0 Å². The topological polar surface area (TPSA) is 81.5 Å². The monoisotopic (exact) mass is 157 g/mol. The minimum absolute atomic E-state index is 0.0305. The minimum Gasteiger partial charge on any atom is -0.370 e. The Labute approximate surface area is 66.7 Å². The highest BCUT2D eigenvalue weighted by Gasteiger charge is 2.12. The number of amides is 1. The first-order valence-corrected chi connectivity index (χ1v) is 3.75. The molecule has 11 heavy (non-hydrogen) atoms. The zero-order chi connectivity index (χ0) is 8.85. The van der Waals surface area contributed by atoms with Gasteiger partial charge in [0.25, 0.3) is 5.91 Å². The van der Waals surface area contributed by atoms with Crippen LogP contribution in [-0.4, -0.2) is 11.9 Å². The van der Waals surface area contributed by atoms with E-state index in [4.69, 9.17) is 11.5 Å². The Morgan fingerprint density at radius 1 is 1.36 bits per heavy atom. The maximum Gasteiger partial charge on any atom is 0.251 e. The molecule has 0 aromatic heterocycles. The third-order valence-electron chi connectivity index (χ3n) is 1.57. The van der Waals surface area contributed by atoms with E-state index in [0.717, 1.165) is 12.8 Å². The SMILES string of the molecule is CCC(CC)C(=O)N=C(N)N. The fourth-order valence-electron chi connectivity index (χ4n) is 0.856. The average Bonchev–Trinajstić information content (AvgIpc) is 1.88. The van der Waals surface area contributed by atoms with Gasteiger partial charge in [-0.05, 0) is 12.8 Å². The predicted octanol–water partition coefficient (Wildman–Crippen LogP) is 0.223. The molecule has 4 heteroatoms. The summed E-state index contributed by atoms with van der Waals surface area (Å²) in [6, 6.07) is 0. The van der Waals surface area contributed by atoms with E-state index in [1.807, 2.05) is 13.8 Å². The third-order valence-corrected chi connectivity index (χ3v) is 1.57. The number of guanidine groups is 1. The maximum absolute atomic E-state index is 11.1. The van der Waals surface area contributed by atoms with Gasteiger partial charge in [0.2, 0.25) is 0 Å². The molecule has 0 heterocycles. The summed E-state index contributed by atoms with van der Waals surface area (Å²) >= 11 is 0. The second kappa shape index (κ2) is 4.71. The van der Waals surface area contributed by atoms with Crippen LogP contribution in [0.25, 0.3) is 0 Å². The lowest BCUT2D eigenvalue weighted by Crippen LogP contribution is -2.26. The molecule has 0 atom stereocenters. The number of nitrogens with zero attached hydrogens (tertiary/aromatic N) is 1. The lowest BCUT2D eigenvalue weighted by molar-refractivity contribution is -0.121. The summed E-state index contributed by atoms with van der Waals surface area (Å²) in [7, 11) is 0. The number of hydrogen-bond acceptors (Lipinski definition) is 1. The molecular weight excluding hydrogens is 142 g/mol. The van der Waals surface area contributed by atoms with Gasteiger partial charge in [-0.25, -0.2) is 0 Å². The van der Waals surface area contributed by atoms with Gasteiger partial charge in [-0.3, -0.25) is 4.79 Å². The van der Waals surface area contributed by atoms with Crippen LogP contribution >= 0.6 is 0 Å². The van der Waals surface area contributed by atoms with Crippen LogP contribution in [-0.2, 0) is 4.79 Å². The first-order valence-electron chi connectivity index (χ1n) is 3.75. The van der Waals surface area contributed by atoms with E-state index in [-0.39, 0.29) is 17.8 Å². The molecule has 0 aliphatic rings. The average molecular weight is 157 g/mol. The summed E-state index contributed by atoms with van der Waals surface area (Å²) in [6.07, 6.45) is 1.57. The molecule has 0 saturated carbocycles. The van der Waals surface area contributed by atoms with Gasteiger partial charge >= 0.3 is 0 Å². The smallest absolute Gasteiger partial charge is 0.251 e. The molecule has 1 amide bonds. The highest BCUT2D eigenvalue weighted by Crippen LogP contribution is 2.08. The molecule has 0 aliphatic carbocycles. The fraction of sp³-hybridized carbons (Fsp3) is 0.714. The standard InChI is InChI=1S/C7H15N3O/c1-3-5(4-2)6(11)10-7(8)9/h5H,3-4H2,1-2H3,(H4,8,9,10,11). The van der Waals surface area contributed by atoms with E-state index in [1.165, 1.54) is 0 Å². The zero-order valence-electron chi connectivity index (χ0n) is 7.00. The number of aliphatic imine (C=N–C) groups is 1. The lowest BCUT2D eigenvalue weighted by atomic mass is 10.0. The van der Waals surface area contributed by atoms with Crippen LogP contribution in [0, 0.1) is 5.92 Å². The summed E-state index contributed by atoms with van der Waals surface area (Å²) in [4.78, 5) is 14.5. The van der Waals surface area contributed by atoms with Gasteiger partial charge in [0.1, 0.15) is 0 Å². The van der Waals surface area contributed by atoms with Gasteiger partial charge in [0.05, 0.1) is 0 Å². The molecule has 0 aliphatic heterocycles. The minimum atomic E-state index is -0.213. The third kappa shape index (κ3) is 3.60. The van der Waals surface area contributed by atoms with Crippen molar-refractivity contribution in [2.45, 2.75) is 26.7 Å². The van der Waals surface area contributed by atoms with Crippen LogP contribution in [0.2, 0.25) is 0 Å². The second-order valence-corrected chi connectivity index (χ2v) is 2.39. The first kappa shape index (κ1) is 9.94. The van der Waals surface area contributed by atoms with Crippen molar-refractivity contribution in [3.63, 3.8) is 0 Å². The van der Waals surface area contributed by atoms with Crippen LogP contribution in [0.4, 0.5) is 0 Å². The van der Waals surface area contributed by atoms with Crippen molar-refractivity contribution in [3.8, 4) is 0 Å². The van der Waals surface area contributed by atoms with Gasteiger partial charge < -0.3 is 11.5 Å². The Morgan fingerprint density at radius 3 is 2.09 bits per heavy atom. The maximum atomic E-state index is 11.1. The summed E-state index contributed by atoms with van der Waals surface area (Å²) in [6.45, 7) is 3.88. The second-order valence-electron chi connectivity index (χ2n) is 2.39. The lowest BCUT2D eigenvalue weighted by Gasteiger charge is -2.05. The summed E-state index contributed by atoms with van der Waals surface area (Å²) < 4.78 is 0. The molecule has 0 radical (unpaired) electrons. The van der Waals surface area contributed by atoms with Gasteiger partial charge in [-0.1, -0.05) is 13.8 Å². The van der Waals surface area contributed by atoms with E-state index >= 15 is 0 Å². The number of hydrogen-bond donors (Lipinski definition) is 2. The molecule has 0 unspecified atom stereocenters. The summed E-state index contributed by atoms with van der Waals surface area (Å²) in [5.74, 6) is -0.394. The molecule has 4 nitrogen and oxygen atoms in total. The van der Waals surface area contributed by atoms with Gasteiger partial charge in [0, 0.05) is 5.92 Å². The molecule has 0 aromatic rings. The normalized spacial score (nSPS) is 9.73. The van der Waals surface area contributed by atoms with Gasteiger partial charge in [-0.15, -0.1) is 0 Å². The van der Waals surface area contributed by atoms with Crippen molar-refractivity contribution < 1.29 is 4.79 Å². The van der Waals surface area contributed by atoms with Crippen molar-refractivity contribution in [2.24, 2.45) is 22.4 Å². The van der Waals surface area contributed by atoms with Gasteiger partial charge in [0.15, 0.2) is 5.96 Å². The van der Waals surface area contributed by atoms with Crippen LogP contribution < -0.4 is 11.5 Å². The summed E-state index contributed by atoms with van der Waals surface area (Å²) in [5, 5.41) is 0. The Balaban J connectivity index is 4.11. The zero-order valence-corrected chi connectivity index (χ0v) is 7.00. The Bertz CT molecular complexity index is 157. The largest absolute Gasteiger partial charge is 0.370 e. The van der Waals surface area contributed by atoms with E-state index in [2.05, 4.69) is 4.99 Å². The first-order chi connectivity index (χ1) is 5.11. The number of carbonyl (C=O) groups excluding carboxylic acids is 1. The molecule has 0 spiro atoms. The Kier molecular flexibility index (Phi) is 4.26. The number of rotatable bonds is 3. The predicted molar refractivity (Wildman–Crippen MR) is 44.9 cm³/mol. The molecule has 0 saturated heterocycles. The van der Waals surface area contributed by atoms with Crippen LogP contribution in [0.15, 0.2) is 4.99 Å². The van der Waals surface area contributed by atoms with Gasteiger partial charge in [-0.2, -0.15) is 4.99 Å². The number of carbonyl (C=O) groups is 1. The van der Waals surface area contributed by atoms with Crippen molar-refractivity contribution in [2.75, 3.05) is 0 Å². The Morgan fingerprint density at radius 2 is 1.82 bits per heavy atom. The van der Waals surface area contributed by atoms with E-state index < -0.39 is 0 Å². The molecule has 0 aromatic carbocycles.